The van der Waals surface area contributed by atoms with Gasteiger partial charge in [-0.3, -0.25) is 9.59 Å². The van der Waals surface area contributed by atoms with Crippen LogP contribution in [0, 0.1) is 27.7 Å². The maximum atomic E-state index is 12.8. The maximum Gasteiger partial charge on any atom is 0.319 e. The number of aryl methyl sites for hydroxylation is 3. The number of anilines is 1. The van der Waals surface area contributed by atoms with E-state index in [1.807, 2.05) is 57.2 Å². The average Bonchev–Trinajstić information content (AvgIpc) is 2.76. The van der Waals surface area contributed by atoms with Gasteiger partial charge in [-0.05, 0) is 55.5 Å². The van der Waals surface area contributed by atoms with Gasteiger partial charge in [-0.2, -0.15) is 0 Å². The van der Waals surface area contributed by atoms with Gasteiger partial charge in [0, 0.05) is 18.8 Å². The quantitative estimate of drug-likeness (QED) is 0.434. The predicted molar refractivity (Wildman–Crippen MR) is 131 cm³/mol. The summed E-state index contributed by atoms with van der Waals surface area (Å²) in [5, 5.41) is 24.7. The topological polar surface area (TPSA) is 121 Å². The lowest BCUT2D eigenvalue weighted by Gasteiger charge is -2.23. The zero-order valence-electron chi connectivity index (χ0n) is 19.9. The highest BCUT2D eigenvalue weighted by molar-refractivity contribution is 5.91. The fourth-order valence-corrected chi connectivity index (χ4v) is 4.05. The summed E-state index contributed by atoms with van der Waals surface area (Å²) < 4.78 is 1.29. The highest BCUT2D eigenvalue weighted by atomic mass is 16.4. The molecule has 2 aromatic carbocycles. The van der Waals surface area contributed by atoms with Crippen LogP contribution >= 0.6 is 0 Å². The Morgan fingerprint density at radius 3 is 2.35 bits per heavy atom. The maximum absolute atomic E-state index is 12.8. The highest BCUT2D eigenvalue weighted by Crippen LogP contribution is 2.33. The summed E-state index contributed by atoms with van der Waals surface area (Å²) in [6.45, 7) is 7.47. The summed E-state index contributed by atoms with van der Waals surface area (Å²) in [7, 11) is 1.52. The van der Waals surface area contributed by atoms with E-state index in [4.69, 9.17) is 0 Å². The number of carboxylic acids is 1. The molecule has 1 heterocycles. The zero-order valence-corrected chi connectivity index (χ0v) is 19.9. The molecule has 3 rings (SSSR count). The summed E-state index contributed by atoms with van der Waals surface area (Å²) in [4.78, 5) is 36.9. The van der Waals surface area contributed by atoms with Crippen LogP contribution in [0.1, 0.15) is 40.4 Å². The summed E-state index contributed by atoms with van der Waals surface area (Å²) in [6, 6.07) is 11.5. The number of carbonyl (C=O) groups is 2. The van der Waals surface area contributed by atoms with Crippen LogP contribution in [-0.2, 0) is 11.8 Å². The number of carboxylic acid groups (broad SMARTS) is 1. The van der Waals surface area contributed by atoms with Gasteiger partial charge in [0.15, 0.2) is 5.69 Å². The molecule has 34 heavy (non-hydrogen) atoms. The SMILES string of the molecule is Cc1cc(-c2ccccc2C)c(C)c(C(CC(=O)O)NC(=O)Nc2c(O)cc(C)n(C)c2=O)c1. The molecule has 0 bridgehead atoms. The van der Waals surface area contributed by atoms with E-state index in [-0.39, 0.29) is 17.9 Å². The molecule has 0 saturated heterocycles. The first-order chi connectivity index (χ1) is 16.0. The third-order valence-electron chi connectivity index (χ3n) is 5.97. The molecule has 4 N–H and O–H groups in total. The van der Waals surface area contributed by atoms with E-state index in [1.165, 1.54) is 17.7 Å². The van der Waals surface area contributed by atoms with Gasteiger partial charge in [-0.1, -0.05) is 42.0 Å². The van der Waals surface area contributed by atoms with Crippen molar-refractivity contribution in [1.82, 2.24) is 9.88 Å². The normalized spacial score (nSPS) is 11.7. The first-order valence-electron chi connectivity index (χ1n) is 10.9. The number of rotatable bonds is 6. The summed E-state index contributed by atoms with van der Waals surface area (Å²) >= 11 is 0. The van der Waals surface area contributed by atoms with Crippen molar-refractivity contribution in [2.75, 3.05) is 5.32 Å². The lowest BCUT2D eigenvalue weighted by molar-refractivity contribution is -0.137. The molecule has 3 aromatic rings. The Morgan fingerprint density at radius 1 is 1.03 bits per heavy atom. The Labute approximate surface area is 197 Å². The molecule has 0 radical (unpaired) electrons. The van der Waals surface area contributed by atoms with E-state index in [1.54, 1.807) is 6.92 Å². The zero-order chi connectivity index (χ0) is 25.2. The number of hydrogen-bond acceptors (Lipinski definition) is 4. The molecule has 1 aromatic heterocycles. The van der Waals surface area contributed by atoms with Crippen molar-refractivity contribution in [3.05, 3.63) is 80.8 Å². The van der Waals surface area contributed by atoms with Crippen LogP contribution in [0.4, 0.5) is 10.5 Å². The number of aromatic nitrogens is 1. The number of nitrogens with one attached hydrogen (secondary N) is 2. The van der Waals surface area contributed by atoms with Crippen molar-refractivity contribution in [3.63, 3.8) is 0 Å². The lowest BCUT2D eigenvalue weighted by atomic mass is 9.88. The van der Waals surface area contributed by atoms with E-state index >= 15 is 0 Å². The number of carbonyl (C=O) groups excluding carboxylic acids is 1. The minimum atomic E-state index is -1.09. The van der Waals surface area contributed by atoms with Crippen LogP contribution in [0.15, 0.2) is 47.3 Å². The Bertz CT molecular complexity index is 1330. The fourth-order valence-electron chi connectivity index (χ4n) is 4.05. The van der Waals surface area contributed by atoms with Crippen molar-refractivity contribution in [1.29, 1.82) is 0 Å². The Morgan fingerprint density at radius 2 is 1.71 bits per heavy atom. The van der Waals surface area contributed by atoms with Gasteiger partial charge in [0.1, 0.15) is 5.75 Å². The number of hydrogen-bond donors (Lipinski definition) is 4. The predicted octanol–water partition coefficient (Wildman–Crippen LogP) is 4.33. The van der Waals surface area contributed by atoms with Crippen LogP contribution < -0.4 is 16.2 Å². The Hall–Kier alpha value is -4.07. The molecule has 8 heteroatoms. The van der Waals surface area contributed by atoms with Gasteiger partial charge >= 0.3 is 12.0 Å². The first-order valence-corrected chi connectivity index (χ1v) is 10.9. The molecule has 8 nitrogen and oxygen atoms in total. The Balaban J connectivity index is 2.00. The second kappa shape index (κ2) is 9.82. The molecule has 0 saturated carbocycles. The standard InChI is InChI=1S/C26H29N3O5/c1-14-10-19(18-9-7-6-8-15(18)2)17(4)20(11-14)21(13-23(31)32)27-26(34)28-24-22(30)12-16(3)29(5)25(24)33/h6-12,21,30H,13H2,1-5H3,(H,31,32)(H2,27,28,34). The number of pyridine rings is 1. The van der Waals surface area contributed by atoms with E-state index in [0.29, 0.717) is 11.3 Å². The third kappa shape index (κ3) is 5.11. The van der Waals surface area contributed by atoms with Crippen LogP contribution in [0.3, 0.4) is 0 Å². The molecule has 0 aliphatic carbocycles. The van der Waals surface area contributed by atoms with Crippen molar-refractivity contribution < 1.29 is 19.8 Å². The average molecular weight is 464 g/mol. The van der Waals surface area contributed by atoms with E-state index in [2.05, 4.69) is 10.6 Å². The molecule has 1 atom stereocenters. The Kier molecular flexibility index (Phi) is 7.10. The van der Waals surface area contributed by atoms with Gasteiger partial charge in [0.2, 0.25) is 0 Å². The number of urea groups is 1. The van der Waals surface area contributed by atoms with Gasteiger partial charge in [0.25, 0.3) is 5.56 Å². The number of benzene rings is 2. The number of aromatic hydroxyl groups is 1. The van der Waals surface area contributed by atoms with Gasteiger partial charge in [-0.25, -0.2) is 4.79 Å². The van der Waals surface area contributed by atoms with Crippen molar-refractivity contribution in [2.45, 2.75) is 40.2 Å². The smallest absolute Gasteiger partial charge is 0.319 e. The largest absolute Gasteiger partial charge is 0.505 e. The number of nitrogens with zero attached hydrogens (tertiary/aromatic N) is 1. The molecule has 2 amide bonds. The molecule has 0 spiro atoms. The van der Waals surface area contributed by atoms with Gasteiger partial charge in [0.05, 0.1) is 12.5 Å². The second-order valence-corrected chi connectivity index (χ2v) is 8.50. The summed E-state index contributed by atoms with van der Waals surface area (Å²) in [6.07, 6.45) is -0.358. The summed E-state index contributed by atoms with van der Waals surface area (Å²) in [5.74, 6) is -1.45. The fraction of sp³-hybridized carbons (Fsp3) is 0.269. The lowest BCUT2D eigenvalue weighted by Crippen LogP contribution is -2.36. The molecule has 0 fully saturated rings. The van der Waals surface area contributed by atoms with Crippen LogP contribution in [-0.4, -0.2) is 26.8 Å². The monoisotopic (exact) mass is 463 g/mol. The van der Waals surface area contributed by atoms with E-state index in [0.717, 1.165) is 27.8 Å². The van der Waals surface area contributed by atoms with Crippen molar-refractivity contribution in [2.24, 2.45) is 7.05 Å². The summed E-state index contributed by atoms with van der Waals surface area (Å²) in [5.41, 5.74) is 5.16. The molecule has 0 aliphatic heterocycles. The molecule has 0 aliphatic rings. The van der Waals surface area contributed by atoms with Gasteiger partial charge < -0.3 is 25.4 Å². The molecular formula is C26H29N3O5. The number of aliphatic carboxylic acids is 1. The number of amides is 2. The molecular weight excluding hydrogens is 434 g/mol. The van der Waals surface area contributed by atoms with Crippen molar-refractivity contribution in [3.8, 4) is 16.9 Å². The van der Waals surface area contributed by atoms with Crippen LogP contribution in [0.5, 0.6) is 5.75 Å². The van der Waals surface area contributed by atoms with Gasteiger partial charge in [-0.15, -0.1) is 0 Å². The minimum Gasteiger partial charge on any atom is -0.505 e. The third-order valence-corrected chi connectivity index (χ3v) is 5.97. The van der Waals surface area contributed by atoms with Crippen LogP contribution in [0.25, 0.3) is 11.1 Å². The second-order valence-electron chi connectivity index (χ2n) is 8.50. The molecule has 1 unspecified atom stereocenters. The van der Waals surface area contributed by atoms with Crippen molar-refractivity contribution >= 4 is 17.7 Å². The molecule has 178 valence electrons. The minimum absolute atomic E-state index is 0.277. The van der Waals surface area contributed by atoms with E-state index in [9.17, 15) is 24.6 Å². The van der Waals surface area contributed by atoms with E-state index < -0.39 is 23.6 Å². The first kappa shape index (κ1) is 24.6. The highest BCUT2D eigenvalue weighted by Gasteiger charge is 2.23. The van der Waals surface area contributed by atoms with Crippen LogP contribution in [0.2, 0.25) is 0 Å².